The van der Waals surface area contributed by atoms with Crippen molar-refractivity contribution in [2.45, 2.75) is 25.8 Å². The lowest BCUT2D eigenvalue weighted by molar-refractivity contribution is -0.119. The summed E-state index contributed by atoms with van der Waals surface area (Å²) in [7, 11) is 3.17. The molecule has 4 aromatic rings. The number of aromatic nitrogens is 3. The van der Waals surface area contributed by atoms with Crippen LogP contribution in [0.3, 0.4) is 0 Å². The molecule has 0 spiro atoms. The third-order valence-corrected chi connectivity index (χ3v) is 6.60. The minimum Gasteiger partial charge on any atom is -0.495 e. The second-order valence-corrected chi connectivity index (χ2v) is 9.48. The fraction of sp³-hybridized carbons (Fsp3) is 0.207. The molecule has 1 unspecified atom stereocenters. The lowest BCUT2D eigenvalue weighted by Gasteiger charge is -2.21. The van der Waals surface area contributed by atoms with Gasteiger partial charge in [0.2, 0.25) is 5.91 Å². The van der Waals surface area contributed by atoms with Gasteiger partial charge in [0.15, 0.2) is 5.78 Å². The molecule has 40 heavy (non-hydrogen) atoms. The number of anilines is 1. The number of hydrogen-bond acceptors (Lipinski definition) is 6. The number of carboxylic acid groups (broad SMARTS) is 1. The Morgan fingerprint density at radius 2 is 1.80 bits per heavy atom. The van der Waals surface area contributed by atoms with E-state index in [2.05, 4.69) is 10.4 Å². The van der Waals surface area contributed by atoms with Crippen LogP contribution in [0.15, 0.2) is 71.8 Å². The molecule has 0 saturated heterocycles. The summed E-state index contributed by atoms with van der Waals surface area (Å²) < 4.78 is 8.46. The van der Waals surface area contributed by atoms with Crippen LogP contribution in [-0.2, 0) is 18.3 Å². The summed E-state index contributed by atoms with van der Waals surface area (Å²) in [5, 5.41) is 16.6. The molecule has 0 aliphatic heterocycles. The smallest absolute Gasteiger partial charge is 0.335 e. The van der Waals surface area contributed by atoms with Gasteiger partial charge in [-0.2, -0.15) is 5.10 Å². The second kappa shape index (κ2) is 12.0. The van der Waals surface area contributed by atoms with Crippen molar-refractivity contribution in [3.8, 4) is 16.9 Å². The number of ether oxygens (including phenoxy) is 1. The van der Waals surface area contributed by atoms with E-state index in [9.17, 15) is 19.2 Å². The Labute approximate surface area is 234 Å². The highest BCUT2D eigenvalue weighted by Crippen LogP contribution is 2.34. The van der Waals surface area contributed by atoms with Crippen molar-refractivity contribution in [2.75, 3.05) is 12.4 Å². The number of nitrogens with one attached hydrogen (secondary N) is 1. The number of aromatic carboxylic acids is 1. The maximum absolute atomic E-state index is 13.6. The summed E-state index contributed by atoms with van der Waals surface area (Å²) in [6, 6.07) is 12.5. The van der Waals surface area contributed by atoms with Crippen LogP contribution in [0.1, 0.15) is 45.8 Å². The van der Waals surface area contributed by atoms with Crippen LogP contribution in [0.4, 0.5) is 5.69 Å². The maximum atomic E-state index is 13.6. The van der Waals surface area contributed by atoms with Gasteiger partial charge in [0.1, 0.15) is 11.8 Å². The predicted molar refractivity (Wildman–Crippen MR) is 150 cm³/mol. The Hall–Kier alpha value is -4.70. The van der Waals surface area contributed by atoms with Crippen molar-refractivity contribution in [3.05, 3.63) is 99.2 Å². The summed E-state index contributed by atoms with van der Waals surface area (Å²) in [5.74, 6) is -1.47. The highest BCUT2D eigenvalue weighted by atomic mass is 35.5. The van der Waals surface area contributed by atoms with Crippen LogP contribution < -0.4 is 15.6 Å². The number of halogens is 1. The van der Waals surface area contributed by atoms with Crippen LogP contribution in [-0.4, -0.2) is 44.2 Å². The van der Waals surface area contributed by atoms with Gasteiger partial charge in [-0.25, -0.2) is 4.79 Å². The average Bonchev–Trinajstić information content (AvgIpc) is 3.36. The normalized spacial score (nSPS) is 11.6. The van der Waals surface area contributed by atoms with Gasteiger partial charge in [-0.1, -0.05) is 18.5 Å². The molecule has 0 bridgehead atoms. The summed E-state index contributed by atoms with van der Waals surface area (Å²) in [6.45, 7) is 1.74. The Bertz CT molecular complexity index is 1640. The van der Waals surface area contributed by atoms with E-state index >= 15 is 0 Å². The predicted octanol–water partition coefficient (Wildman–Crippen LogP) is 4.62. The van der Waals surface area contributed by atoms with Crippen LogP contribution >= 0.6 is 11.6 Å². The van der Waals surface area contributed by atoms with Crippen LogP contribution in [0.2, 0.25) is 5.02 Å². The van der Waals surface area contributed by atoms with E-state index in [1.54, 1.807) is 49.1 Å². The second-order valence-electron chi connectivity index (χ2n) is 9.04. The molecular formula is C29H27ClN4O6. The van der Waals surface area contributed by atoms with Gasteiger partial charge in [0.05, 0.1) is 24.6 Å². The molecule has 4 rings (SSSR count). The number of hydrogen-bond donors (Lipinski definition) is 2. The minimum atomic E-state index is -1.09. The molecule has 2 N–H and O–H groups in total. The van der Waals surface area contributed by atoms with E-state index in [4.69, 9.17) is 21.4 Å². The van der Waals surface area contributed by atoms with Crippen LogP contribution in [0.5, 0.6) is 5.75 Å². The molecule has 0 radical (unpaired) electrons. The van der Waals surface area contributed by atoms with Crippen molar-refractivity contribution >= 4 is 34.9 Å². The molecule has 1 amide bonds. The first-order valence-electron chi connectivity index (χ1n) is 12.4. The topological polar surface area (TPSA) is 133 Å². The van der Waals surface area contributed by atoms with Crippen molar-refractivity contribution in [3.63, 3.8) is 0 Å². The van der Waals surface area contributed by atoms with Crippen molar-refractivity contribution in [2.24, 2.45) is 7.05 Å². The van der Waals surface area contributed by atoms with Crippen molar-refractivity contribution < 1.29 is 24.2 Å². The molecule has 206 valence electrons. The summed E-state index contributed by atoms with van der Waals surface area (Å²) >= 11 is 6.24. The first-order valence-corrected chi connectivity index (χ1v) is 12.7. The van der Waals surface area contributed by atoms with Gasteiger partial charge >= 0.3 is 5.97 Å². The van der Waals surface area contributed by atoms with E-state index < -0.39 is 23.5 Å². The highest BCUT2D eigenvalue weighted by Gasteiger charge is 2.26. The first-order chi connectivity index (χ1) is 19.1. The van der Waals surface area contributed by atoms with E-state index in [0.29, 0.717) is 33.1 Å². The number of carbonyl (C=O) groups is 3. The molecular weight excluding hydrogens is 536 g/mol. The Kier molecular flexibility index (Phi) is 8.49. The van der Waals surface area contributed by atoms with Gasteiger partial charge in [-0.3, -0.25) is 23.6 Å². The lowest BCUT2D eigenvalue weighted by Crippen LogP contribution is -2.34. The third kappa shape index (κ3) is 6.13. The zero-order chi connectivity index (χ0) is 29.0. The number of aryl methyl sites for hydroxylation is 1. The molecule has 2 heterocycles. The molecule has 0 aliphatic carbocycles. The largest absolute Gasteiger partial charge is 0.495 e. The summed E-state index contributed by atoms with van der Waals surface area (Å²) in [6.07, 6.45) is 3.50. The molecule has 2 aromatic heterocycles. The van der Waals surface area contributed by atoms with Gasteiger partial charge in [0, 0.05) is 54.0 Å². The number of nitrogens with zero attached hydrogens (tertiary/aromatic N) is 3. The zero-order valence-corrected chi connectivity index (χ0v) is 22.8. The molecule has 0 saturated carbocycles. The summed E-state index contributed by atoms with van der Waals surface area (Å²) in [5.41, 5.74) is 1.71. The van der Waals surface area contributed by atoms with E-state index in [1.165, 1.54) is 48.2 Å². The highest BCUT2D eigenvalue weighted by molar-refractivity contribution is 6.31. The molecule has 2 aromatic carbocycles. The molecule has 0 aliphatic rings. The number of benzene rings is 2. The molecule has 1 atom stereocenters. The summed E-state index contributed by atoms with van der Waals surface area (Å²) in [4.78, 5) is 50.9. The minimum absolute atomic E-state index is 0.0709. The molecule has 11 heteroatoms. The number of methoxy groups -OCH3 is 1. The first kappa shape index (κ1) is 28.3. The zero-order valence-electron chi connectivity index (χ0n) is 22.1. The van der Waals surface area contributed by atoms with E-state index in [1.807, 2.05) is 0 Å². The fourth-order valence-corrected chi connectivity index (χ4v) is 4.50. The Morgan fingerprint density at radius 3 is 2.40 bits per heavy atom. The number of amides is 1. The number of carboxylic acids is 1. The van der Waals surface area contributed by atoms with E-state index in [-0.39, 0.29) is 29.9 Å². The lowest BCUT2D eigenvalue weighted by atomic mass is 9.96. The van der Waals surface area contributed by atoms with Gasteiger partial charge in [-0.05, 0) is 54.1 Å². The maximum Gasteiger partial charge on any atom is 0.335 e. The number of Topliss-reactive ketones (excluding diaryl/α,β-unsaturated/α-hetero) is 1. The number of carbonyl (C=O) groups excluding carboxylic acids is 2. The standard InChI is InChI=1S/C29H27ClN4O6/c1-4-25(35)21-10-7-18(30)13-22(21)23-15-27(36)34(16-26(23)40-3)24(14-20-11-12-33(2)32-20)28(37)31-19-8-5-17(6-9-19)29(38)39/h5-13,15-16,24H,4,14H2,1-3H3,(H,31,37)(H,38,39). The van der Waals surface area contributed by atoms with Gasteiger partial charge < -0.3 is 15.2 Å². The van der Waals surface area contributed by atoms with Crippen molar-refractivity contribution in [1.29, 1.82) is 0 Å². The fourth-order valence-electron chi connectivity index (χ4n) is 4.33. The van der Waals surface area contributed by atoms with Crippen LogP contribution in [0, 0.1) is 0 Å². The van der Waals surface area contributed by atoms with Crippen LogP contribution in [0.25, 0.3) is 11.1 Å². The molecule has 10 nitrogen and oxygen atoms in total. The number of pyridine rings is 1. The Morgan fingerprint density at radius 1 is 1.07 bits per heavy atom. The monoisotopic (exact) mass is 562 g/mol. The average molecular weight is 563 g/mol. The van der Waals surface area contributed by atoms with Gasteiger partial charge in [-0.15, -0.1) is 0 Å². The Balaban J connectivity index is 1.79. The van der Waals surface area contributed by atoms with Crippen molar-refractivity contribution in [1.82, 2.24) is 14.3 Å². The molecule has 0 fully saturated rings. The van der Waals surface area contributed by atoms with E-state index in [0.717, 1.165) is 0 Å². The number of rotatable bonds is 10. The number of ketones is 1. The SMILES string of the molecule is CCC(=O)c1ccc(Cl)cc1-c1cc(=O)n(C(Cc2ccn(C)n2)C(=O)Nc2ccc(C(=O)O)cc2)cc1OC. The third-order valence-electron chi connectivity index (χ3n) is 6.37. The quantitative estimate of drug-likeness (QED) is 0.269. The van der Waals surface area contributed by atoms with Gasteiger partial charge in [0.25, 0.3) is 5.56 Å².